The SMILES string of the molecule is CC(Nc1cc(F)c(F)c(F)c1)c1cc2c(s1)CCCC2. The average molecular weight is 311 g/mol. The number of hydrogen-bond acceptors (Lipinski definition) is 2. The highest BCUT2D eigenvalue weighted by Crippen LogP contribution is 2.34. The van der Waals surface area contributed by atoms with E-state index in [0.717, 1.165) is 29.9 Å². The Hall–Kier alpha value is -1.49. The molecule has 21 heavy (non-hydrogen) atoms. The number of benzene rings is 1. The number of fused-ring (bicyclic) bond motifs is 1. The molecule has 2 aromatic rings. The van der Waals surface area contributed by atoms with Crippen molar-refractivity contribution >= 4 is 17.0 Å². The molecule has 0 fully saturated rings. The Morgan fingerprint density at radius 3 is 2.38 bits per heavy atom. The smallest absolute Gasteiger partial charge is 0.194 e. The molecule has 0 amide bonds. The molecule has 5 heteroatoms. The fourth-order valence-corrected chi connectivity index (χ4v) is 3.95. The molecule has 1 aromatic carbocycles. The standard InChI is InChI=1S/C16H16F3NS/c1-9(15-6-10-4-2-3-5-14(10)21-15)20-11-7-12(17)16(19)13(18)8-11/h6-9,20H,2-5H2,1H3. The van der Waals surface area contributed by atoms with Gasteiger partial charge in [0.05, 0.1) is 6.04 Å². The molecule has 1 aromatic heterocycles. The van der Waals surface area contributed by atoms with E-state index in [4.69, 9.17) is 0 Å². The van der Waals surface area contributed by atoms with Gasteiger partial charge in [0.15, 0.2) is 17.5 Å². The number of hydrogen-bond donors (Lipinski definition) is 1. The van der Waals surface area contributed by atoms with Crippen LogP contribution in [0.15, 0.2) is 18.2 Å². The quantitative estimate of drug-likeness (QED) is 0.767. The van der Waals surface area contributed by atoms with Crippen LogP contribution >= 0.6 is 11.3 Å². The highest BCUT2D eigenvalue weighted by Gasteiger charge is 2.17. The summed E-state index contributed by atoms with van der Waals surface area (Å²) >= 11 is 1.75. The summed E-state index contributed by atoms with van der Waals surface area (Å²) in [5, 5.41) is 3.04. The van der Waals surface area contributed by atoms with Crippen molar-refractivity contribution in [1.82, 2.24) is 0 Å². The molecule has 3 rings (SSSR count). The molecule has 0 bridgehead atoms. The highest BCUT2D eigenvalue weighted by molar-refractivity contribution is 7.12. The molecule has 0 saturated heterocycles. The lowest BCUT2D eigenvalue weighted by Gasteiger charge is -2.14. The van der Waals surface area contributed by atoms with Crippen LogP contribution in [-0.4, -0.2) is 0 Å². The molecule has 0 spiro atoms. The maximum absolute atomic E-state index is 13.2. The van der Waals surface area contributed by atoms with Crippen molar-refractivity contribution in [2.24, 2.45) is 0 Å². The fourth-order valence-electron chi connectivity index (χ4n) is 2.69. The van der Waals surface area contributed by atoms with Gasteiger partial charge in [-0.25, -0.2) is 13.2 Å². The summed E-state index contributed by atoms with van der Waals surface area (Å²) in [5.74, 6) is -3.77. The Balaban J connectivity index is 1.80. The van der Waals surface area contributed by atoms with Crippen molar-refractivity contribution < 1.29 is 13.2 Å². The molecule has 1 aliphatic rings. The van der Waals surface area contributed by atoms with Crippen molar-refractivity contribution in [2.45, 2.75) is 38.6 Å². The van der Waals surface area contributed by atoms with E-state index in [1.807, 2.05) is 6.92 Å². The lowest BCUT2D eigenvalue weighted by atomic mass is 9.99. The number of thiophene rings is 1. The van der Waals surface area contributed by atoms with Gasteiger partial charge in [0.1, 0.15) is 0 Å². The minimum Gasteiger partial charge on any atom is -0.378 e. The van der Waals surface area contributed by atoms with Gasteiger partial charge in [-0.2, -0.15) is 0 Å². The van der Waals surface area contributed by atoms with E-state index in [-0.39, 0.29) is 11.7 Å². The molecule has 1 nitrogen and oxygen atoms in total. The Kier molecular flexibility index (Phi) is 3.93. The lowest BCUT2D eigenvalue weighted by Crippen LogP contribution is -2.06. The predicted octanol–water partition coefficient (Wildman–Crippen LogP) is 5.22. The summed E-state index contributed by atoms with van der Waals surface area (Å²) in [5.41, 5.74) is 1.65. The lowest BCUT2D eigenvalue weighted by molar-refractivity contribution is 0.447. The maximum Gasteiger partial charge on any atom is 0.194 e. The molecule has 1 unspecified atom stereocenters. The van der Waals surface area contributed by atoms with Gasteiger partial charge in [0.25, 0.3) is 0 Å². The molecule has 0 aliphatic heterocycles. The van der Waals surface area contributed by atoms with Crippen LogP contribution in [0, 0.1) is 17.5 Å². The molecular formula is C16H16F3NS. The van der Waals surface area contributed by atoms with Crippen molar-refractivity contribution in [2.75, 3.05) is 5.32 Å². The van der Waals surface area contributed by atoms with Crippen LogP contribution < -0.4 is 5.32 Å². The summed E-state index contributed by atoms with van der Waals surface area (Å²) in [6, 6.07) is 4.09. The van der Waals surface area contributed by atoms with E-state index in [0.29, 0.717) is 0 Å². The first-order chi connectivity index (χ1) is 10.0. The van der Waals surface area contributed by atoms with Gasteiger partial charge in [0, 0.05) is 27.6 Å². The first kappa shape index (κ1) is 14.4. The molecule has 0 saturated carbocycles. The second-order valence-electron chi connectivity index (χ2n) is 5.42. The van der Waals surface area contributed by atoms with Crippen LogP contribution in [0.25, 0.3) is 0 Å². The normalized spacial score (nSPS) is 15.6. The second-order valence-corrected chi connectivity index (χ2v) is 6.59. The van der Waals surface area contributed by atoms with Crippen LogP contribution in [0.1, 0.15) is 41.1 Å². The molecule has 0 radical (unpaired) electrons. The fraction of sp³-hybridized carbons (Fsp3) is 0.375. The number of halogens is 3. The van der Waals surface area contributed by atoms with Crippen LogP contribution in [0.2, 0.25) is 0 Å². The van der Waals surface area contributed by atoms with Gasteiger partial charge in [-0.1, -0.05) is 0 Å². The van der Waals surface area contributed by atoms with Gasteiger partial charge in [-0.3, -0.25) is 0 Å². The van der Waals surface area contributed by atoms with Crippen molar-refractivity contribution in [3.05, 3.63) is 51.0 Å². The van der Waals surface area contributed by atoms with Crippen molar-refractivity contribution in [3.8, 4) is 0 Å². The minimum absolute atomic E-state index is 0.0649. The molecule has 1 atom stereocenters. The van der Waals surface area contributed by atoms with E-state index in [9.17, 15) is 13.2 Å². The first-order valence-corrected chi connectivity index (χ1v) is 7.89. The maximum atomic E-state index is 13.2. The van der Waals surface area contributed by atoms with Crippen LogP contribution in [0.3, 0.4) is 0 Å². The Morgan fingerprint density at radius 2 is 1.71 bits per heavy atom. The van der Waals surface area contributed by atoms with E-state index >= 15 is 0 Å². The third-order valence-electron chi connectivity index (χ3n) is 3.81. The van der Waals surface area contributed by atoms with Crippen molar-refractivity contribution in [1.29, 1.82) is 0 Å². The second kappa shape index (κ2) is 5.72. The summed E-state index contributed by atoms with van der Waals surface area (Å²) < 4.78 is 39.4. The third kappa shape index (κ3) is 2.93. The summed E-state index contributed by atoms with van der Waals surface area (Å²) in [7, 11) is 0. The molecule has 1 aliphatic carbocycles. The van der Waals surface area contributed by atoms with Gasteiger partial charge in [0.2, 0.25) is 0 Å². The van der Waals surface area contributed by atoms with Gasteiger partial charge in [-0.05, 0) is 44.2 Å². The van der Waals surface area contributed by atoms with Gasteiger partial charge < -0.3 is 5.32 Å². The predicted molar refractivity (Wildman–Crippen MR) is 79.3 cm³/mol. The van der Waals surface area contributed by atoms with Crippen LogP contribution in [-0.2, 0) is 12.8 Å². The Labute approximate surface area is 125 Å². The number of nitrogens with one attached hydrogen (secondary N) is 1. The minimum atomic E-state index is -1.43. The molecule has 112 valence electrons. The van der Waals surface area contributed by atoms with E-state index in [2.05, 4.69) is 11.4 Å². The summed E-state index contributed by atoms with van der Waals surface area (Å²) in [6.07, 6.45) is 4.67. The molecule has 1 heterocycles. The highest BCUT2D eigenvalue weighted by atomic mass is 32.1. The number of aryl methyl sites for hydroxylation is 2. The van der Waals surface area contributed by atoms with E-state index < -0.39 is 17.5 Å². The molecular weight excluding hydrogens is 295 g/mol. The van der Waals surface area contributed by atoms with Crippen LogP contribution in [0.4, 0.5) is 18.9 Å². The van der Waals surface area contributed by atoms with Gasteiger partial charge in [-0.15, -0.1) is 11.3 Å². The zero-order valence-electron chi connectivity index (χ0n) is 11.7. The van der Waals surface area contributed by atoms with Crippen molar-refractivity contribution in [3.63, 3.8) is 0 Å². The number of anilines is 1. The zero-order chi connectivity index (χ0) is 15.0. The monoisotopic (exact) mass is 311 g/mol. The third-order valence-corrected chi connectivity index (χ3v) is 5.23. The average Bonchev–Trinajstić information content (AvgIpc) is 2.88. The van der Waals surface area contributed by atoms with E-state index in [1.165, 1.54) is 23.3 Å². The zero-order valence-corrected chi connectivity index (χ0v) is 12.5. The Morgan fingerprint density at radius 1 is 1.05 bits per heavy atom. The van der Waals surface area contributed by atoms with E-state index in [1.54, 1.807) is 11.3 Å². The first-order valence-electron chi connectivity index (χ1n) is 7.07. The largest absolute Gasteiger partial charge is 0.378 e. The topological polar surface area (TPSA) is 12.0 Å². The summed E-state index contributed by atoms with van der Waals surface area (Å²) in [4.78, 5) is 2.56. The molecule has 1 N–H and O–H groups in total. The van der Waals surface area contributed by atoms with Gasteiger partial charge >= 0.3 is 0 Å². The van der Waals surface area contributed by atoms with Crippen LogP contribution in [0.5, 0.6) is 0 Å². The summed E-state index contributed by atoms with van der Waals surface area (Å²) in [6.45, 7) is 1.94. The Bertz CT molecular complexity index is 619. The number of rotatable bonds is 3.